The fraction of sp³-hybridized carbons (Fsp3) is 0.474. The Morgan fingerprint density at radius 1 is 1.33 bits per heavy atom. The van der Waals surface area contributed by atoms with Crippen molar-refractivity contribution in [2.45, 2.75) is 39.7 Å². The molecule has 0 saturated carbocycles. The van der Waals surface area contributed by atoms with Crippen LogP contribution in [0.15, 0.2) is 35.6 Å². The highest BCUT2D eigenvalue weighted by atomic mass is 16.5. The van der Waals surface area contributed by atoms with Crippen molar-refractivity contribution < 1.29 is 19.4 Å². The summed E-state index contributed by atoms with van der Waals surface area (Å²) in [6.45, 7) is 6.30. The number of carbonyl (C=O) groups is 2. The third kappa shape index (κ3) is 3.30. The summed E-state index contributed by atoms with van der Waals surface area (Å²) in [6, 6.07) is 6.71. The summed E-state index contributed by atoms with van der Waals surface area (Å²) in [5.74, 6) is -0.359. The van der Waals surface area contributed by atoms with E-state index < -0.39 is 17.7 Å². The summed E-state index contributed by atoms with van der Waals surface area (Å²) in [6.07, 6.45) is 1.02. The van der Waals surface area contributed by atoms with Crippen molar-refractivity contribution >= 4 is 11.7 Å². The number of ketones is 1. The van der Waals surface area contributed by atoms with Gasteiger partial charge in [0.25, 0.3) is 5.91 Å². The Morgan fingerprint density at radius 2 is 2.00 bits per heavy atom. The molecule has 1 aromatic carbocycles. The fourth-order valence-corrected chi connectivity index (χ4v) is 3.11. The smallest absolute Gasteiger partial charge is 0.290 e. The number of hydrogen-bond donors (Lipinski definition) is 1. The lowest BCUT2D eigenvalue weighted by atomic mass is 9.91. The van der Waals surface area contributed by atoms with Crippen LogP contribution in [-0.2, 0) is 9.59 Å². The molecular weight excluding hydrogens is 306 g/mol. The molecule has 5 nitrogen and oxygen atoms in total. The zero-order valence-corrected chi connectivity index (χ0v) is 14.7. The van der Waals surface area contributed by atoms with E-state index in [0.29, 0.717) is 12.3 Å². The molecule has 0 radical (unpaired) electrons. The Bertz CT molecular complexity index is 663. The van der Waals surface area contributed by atoms with Gasteiger partial charge in [-0.05, 0) is 18.4 Å². The minimum absolute atomic E-state index is 0.145. The first kappa shape index (κ1) is 18.0. The van der Waals surface area contributed by atoms with Crippen LogP contribution in [0.3, 0.4) is 0 Å². The number of hydrogen-bond acceptors (Lipinski definition) is 4. The van der Waals surface area contributed by atoms with Gasteiger partial charge in [0.15, 0.2) is 11.5 Å². The number of amides is 1. The molecule has 0 aromatic heterocycles. The zero-order valence-electron chi connectivity index (χ0n) is 14.7. The highest BCUT2D eigenvalue weighted by Crippen LogP contribution is 2.41. The lowest BCUT2D eigenvalue weighted by Gasteiger charge is -2.27. The molecular formula is C19H25NO4. The number of methoxy groups -OCH3 is 1. The monoisotopic (exact) mass is 331 g/mol. The molecule has 1 aliphatic rings. The molecule has 130 valence electrons. The van der Waals surface area contributed by atoms with E-state index in [-0.39, 0.29) is 23.7 Å². The third-order valence-corrected chi connectivity index (χ3v) is 4.10. The van der Waals surface area contributed by atoms with Crippen LogP contribution < -0.4 is 4.74 Å². The summed E-state index contributed by atoms with van der Waals surface area (Å²) < 4.78 is 5.41. The summed E-state index contributed by atoms with van der Waals surface area (Å²) >= 11 is 0. The van der Waals surface area contributed by atoms with Crippen LogP contribution in [0.4, 0.5) is 0 Å². The standard InChI is InChI=1S/C19H25NO4/c1-5-10-20-17(13-8-6-7-9-15(13)24-4)16(18(22)19(20)23)14(21)11-12(2)3/h6-9,12,17,22H,5,10-11H2,1-4H3. The van der Waals surface area contributed by atoms with Crippen LogP contribution in [0.5, 0.6) is 5.75 Å². The number of carbonyl (C=O) groups excluding carboxylic acids is 2. The molecule has 0 bridgehead atoms. The number of benzene rings is 1. The normalized spacial score (nSPS) is 17.8. The molecule has 1 heterocycles. The molecule has 2 rings (SSSR count). The maximum Gasteiger partial charge on any atom is 0.290 e. The van der Waals surface area contributed by atoms with E-state index in [2.05, 4.69) is 0 Å². The molecule has 24 heavy (non-hydrogen) atoms. The molecule has 1 atom stereocenters. The van der Waals surface area contributed by atoms with Crippen LogP contribution >= 0.6 is 0 Å². The minimum Gasteiger partial charge on any atom is -0.503 e. The van der Waals surface area contributed by atoms with Gasteiger partial charge in [-0.3, -0.25) is 9.59 Å². The van der Waals surface area contributed by atoms with Gasteiger partial charge in [-0.2, -0.15) is 0 Å². The first-order valence-corrected chi connectivity index (χ1v) is 8.32. The van der Waals surface area contributed by atoms with Crippen LogP contribution in [0, 0.1) is 5.92 Å². The second-order valence-electron chi connectivity index (χ2n) is 6.43. The largest absolute Gasteiger partial charge is 0.503 e. The van der Waals surface area contributed by atoms with Gasteiger partial charge in [0.1, 0.15) is 5.75 Å². The Balaban J connectivity index is 2.56. The molecule has 1 aliphatic heterocycles. The minimum atomic E-state index is -0.597. The summed E-state index contributed by atoms with van der Waals surface area (Å²) in [4.78, 5) is 26.8. The zero-order chi connectivity index (χ0) is 17.9. The highest BCUT2D eigenvalue weighted by Gasteiger charge is 2.43. The molecule has 0 spiro atoms. The van der Waals surface area contributed by atoms with Crippen molar-refractivity contribution in [3.63, 3.8) is 0 Å². The summed E-state index contributed by atoms with van der Waals surface area (Å²) in [5, 5.41) is 10.4. The van der Waals surface area contributed by atoms with Gasteiger partial charge in [0.05, 0.1) is 18.7 Å². The van der Waals surface area contributed by atoms with Gasteiger partial charge in [0.2, 0.25) is 0 Å². The van der Waals surface area contributed by atoms with E-state index in [9.17, 15) is 14.7 Å². The molecule has 1 amide bonds. The van der Waals surface area contributed by atoms with Crippen LogP contribution in [0.25, 0.3) is 0 Å². The fourth-order valence-electron chi connectivity index (χ4n) is 3.11. The number of Topliss-reactive ketones (excluding diaryl/α,β-unsaturated/α-hetero) is 1. The van der Waals surface area contributed by atoms with Crippen molar-refractivity contribution in [2.24, 2.45) is 5.92 Å². The maximum atomic E-state index is 12.7. The Labute approximate surface area is 142 Å². The van der Waals surface area contributed by atoms with E-state index in [1.807, 2.05) is 39.0 Å². The van der Waals surface area contributed by atoms with Crippen molar-refractivity contribution in [1.82, 2.24) is 4.90 Å². The van der Waals surface area contributed by atoms with E-state index in [0.717, 1.165) is 12.0 Å². The molecule has 1 unspecified atom stereocenters. The Morgan fingerprint density at radius 3 is 2.58 bits per heavy atom. The van der Waals surface area contributed by atoms with E-state index in [4.69, 9.17) is 4.74 Å². The molecule has 0 saturated heterocycles. The average molecular weight is 331 g/mol. The lowest BCUT2D eigenvalue weighted by molar-refractivity contribution is -0.129. The van der Waals surface area contributed by atoms with Gasteiger partial charge in [-0.25, -0.2) is 0 Å². The van der Waals surface area contributed by atoms with Crippen LogP contribution in [0.2, 0.25) is 0 Å². The topological polar surface area (TPSA) is 66.8 Å². The number of aliphatic hydroxyl groups excluding tert-OH is 1. The van der Waals surface area contributed by atoms with Crippen LogP contribution in [0.1, 0.15) is 45.2 Å². The Hall–Kier alpha value is -2.30. The first-order valence-electron chi connectivity index (χ1n) is 8.32. The van der Waals surface area contributed by atoms with Crippen molar-refractivity contribution in [2.75, 3.05) is 13.7 Å². The first-order chi connectivity index (χ1) is 11.4. The van der Waals surface area contributed by atoms with Crippen molar-refractivity contribution in [3.8, 4) is 5.75 Å². The molecule has 0 aliphatic carbocycles. The molecule has 0 fully saturated rings. The molecule has 1 N–H and O–H groups in total. The molecule has 1 aromatic rings. The Kier molecular flexibility index (Phi) is 5.65. The van der Waals surface area contributed by atoms with Gasteiger partial charge in [-0.1, -0.05) is 39.0 Å². The van der Waals surface area contributed by atoms with Crippen molar-refractivity contribution in [1.29, 1.82) is 0 Å². The van der Waals surface area contributed by atoms with Gasteiger partial charge >= 0.3 is 0 Å². The highest BCUT2D eigenvalue weighted by molar-refractivity contribution is 6.09. The predicted molar refractivity (Wildman–Crippen MR) is 91.9 cm³/mol. The van der Waals surface area contributed by atoms with Gasteiger partial charge in [0, 0.05) is 18.5 Å². The van der Waals surface area contributed by atoms with E-state index in [1.54, 1.807) is 18.1 Å². The van der Waals surface area contributed by atoms with Gasteiger partial charge < -0.3 is 14.7 Å². The van der Waals surface area contributed by atoms with E-state index in [1.165, 1.54) is 0 Å². The van der Waals surface area contributed by atoms with Crippen molar-refractivity contribution in [3.05, 3.63) is 41.2 Å². The number of para-hydroxylation sites is 1. The quantitative estimate of drug-likeness (QED) is 0.831. The third-order valence-electron chi connectivity index (χ3n) is 4.10. The van der Waals surface area contributed by atoms with Gasteiger partial charge in [-0.15, -0.1) is 0 Å². The number of nitrogens with zero attached hydrogens (tertiary/aromatic N) is 1. The maximum absolute atomic E-state index is 12.7. The predicted octanol–water partition coefficient (Wildman–Crippen LogP) is 3.42. The number of rotatable bonds is 7. The summed E-state index contributed by atoms with van der Waals surface area (Å²) in [5.41, 5.74) is 0.907. The SMILES string of the molecule is CCCN1C(=O)C(O)=C(C(=O)CC(C)C)C1c1ccccc1OC. The average Bonchev–Trinajstić information content (AvgIpc) is 2.79. The van der Waals surface area contributed by atoms with Crippen LogP contribution in [-0.4, -0.2) is 35.4 Å². The second-order valence-corrected chi connectivity index (χ2v) is 6.43. The van der Waals surface area contributed by atoms with E-state index >= 15 is 0 Å². The molecule has 5 heteroatoms. The second kappa shape index (κ2) is 7.51. The number of aliphatic hydroxyl groups is 1. The lowest BCUT2D eigenvalue weighted by Crippen LogP contribution is -2.32. The summed E-state index contributed by atoms with van der Waals surface area (Å²) in [7, 11) is 1.55. The number of ether oxygens (including phenoxy) is 1.